The topological polar surface area (TPSA) is 47.3 Å². The van der Waals surface area contributed by atoms with Gasteiger partial charge in [0.2, 0.25) is 0 Å². The minimum absolute atomic E-state index is 0.0127. The van der Waals surface area contributed by atoms with Crippen LogP contribution in [0.4, 0.5) is 0 Å². The van der Waals surface area contributed by atoms with Gasteiger partial charge in [0.15, 0.2) is 0 Å². The molecule has 0 spiro atoms. The molecular formula is C12H13N3OS. The van der Waals surface area contributed by atoms with Gasteiger partial charge in [0.1, 0.15) is 6.07 Å². The van der Waals surface area contributed by atoms with Crippen LogP contribution in [0.25, 0.3) is 0 Å². The van der Waals surface area contributed by atoms with Crippen molar-refractivity contribution in [2.24, 2.45) is 0 Å². The standard InChI is InChI=1S/C12H13N3OS/c1-3-15-11(16)5-4-10(14(15)2)12-9(8-13)6-7-17-12/h4-7,10H,3H2,1-2H3. The Bertz CT molecular complexity index is 500. The first-order chi connectivity index (χ1) is 8.19. The molecule has 0 N–H and O–H groups in total. The highest BCUT2D eigenvalue weighted by molar-refractivity contribution is 7.10. The summed E-state index contributed by atoms with van der Waals surface area (Å²) < 4.78 is 0. The van der Waals surface area contributed by atoms with Gasteiger partial charge in [0, 0.05) is 24.5 Å². The fourth-order valence-electron chi connectivity index (χ4n) is 1.97. The molecule has 1 aromatic heterocycles. The van der Waals surface area contributed by atoms with Crippen LogP contribution in [-0.4, -0.2) is 29.5 Å². The number of hydrogen-bond donors (Lipinski definition) is 0. The number of thiophene rings is 1. The number of carbonyl (C=O) groups is 1. The first kappa shape index (κ1) is 11.8. The molecule has 0 aliphatic carbocycles. The zero-order valence-electron chi connectivity index (χ0n) is 9.75. The summed E-state index contributed by atoms with van der Waals surface area (Å²) in [5, 5.41) is 14.5. The summed E-state index contributed by atoms with van der Waals surface area (Å²) in [6.45, 7) is 2.56. The van der Waals surface area contributed by atoms with Crippen LogP contribution in [0, 0.1) is 11.3 Å². The lowest BCUT2D eigenvalue weighted by Crippen LogP contribution is -2.47. The maximum atomic E-state index is 11.6. The van der Waals surface area contributed by atoms with Crippen molar-refractivity contribution in [3.05, 3.63) is 34.0 Å². The van der Waals surface area contributed by atoms with E-state index in [2.05, 4.69) is 6.07 Å². The third-order valence-electron chi connectivity index (χ3n) is 2.84. The SMILES string of the molecule is CCN1C(=O)C=CC(c2sccc2C#N)N1C. The van der Waals surface area contributed by atoms with Gasteiger partial charge in [-0.2, -0.15) is 5.26 Å². The Morgan fingerprint density at radius 1 is 1.59 bits per heavy atom. The largest absolute Gasteiger partial charge is 0.271 e. The second-order valence-electron chi connectivity index (χ2n) is 3.74. The first-order valence-corrected chi connectivity index (χ1v) is 6.27. The Morgan fingerprint density at radius 2 is 2.35 bits per heavy atom. The van der Waals surface area contributed by atoms with E-state index in [1.54, 1.807) is 22.4 Å². The number of likely N-dealkylation sites (N-methyl/N-ethyl adjacent to an activating group) is 2. The van der Waals surface area contributed by atoms with E-state index in [9.17, 15) is 4.79 Å². The Labute approximate surface area is 104 Å². The van der Waals surface area contributed by atoms with Crippen molar-refractivity contribution in [2.75, 3.05) is 13.6 Å². The van der Waals surface area contributed by atoms with Crippen molar-refractivity contribution in [3.63, 3.8) is 0 Å². The molecule has 0 radical (unpaired) electrons. The molecule has 17 heavy (non-hydrogen) atoms. The van der Waals surface area contributed by atoms with Crippen molar-refractivity contribution in [1.82, 2.24) is 10.0 Å². The maximum absolute atomic E-state index is 11.6. The maximum Gasteiger partial charge on any atom is 0.260 e. The molecule has 0 saturated carbocycles. The van der Waals surface area contributed by atoms with Crippen LogP contribution in [0.2, 0.25) is 0 Å². The molecule has 4 nitrogen and oxygen atoms in total. The predicted octanol–water partition coefficient (Wildman–Crippen LogP) is 1.93. The quantitative estimate of drug-likeness (QED) is 0.802. The number of amides is 1. The minimum atomic E-state index is -0.0256. The van der Waals surface area contributed by atoms with Crippen molar-refractivity contribution < 1.29 is 4.79 Å². The van der Waals surface area contributed by atoms with E-state index < -0.39 is 0 Å². The molecule has 1 aliphatic heterocycles. The van der Waals surface area contributed by atoms with Gasteiger partial charge in [-0.3, -0.25) is 9.80 Å². The van der Waals surface area contributed by atoms with Crippen molar-refractivity contribution in [3.8, 4) is 6.07 Å². The summed E-state index contributed by atoms with van der Waals surface area (Å²) in [5.41, 5.74) is 0.682. The predicted molar refractivity (Wildman–Crippen MR) is 66.1 cm³/mol. The molecule has 5 heteroatoms. The molecule has 0 bridgehead atoms. The van der Waals surface area contributed by atoms with Gasteiger partial charge in [0.25, 0.3) is 5.91 Å². The molecule has 1 unspecified atom stereocenters. The summed E-state index contributed by atoms with van der Waals surface area (Å²) in [4.78, 5) is 12.6. The molecule has 1 aliphatic rings. The monoisotopic (exact) mass is 247 g/mol. The van der Waals surface area contributed by atoms with Gasteiger partial charge < -0.3 is 0 Å². The number of rotatable bonds is 2. The lowest BCUT2D eigenvalue weighted by Gasteiger charge is -2.37. The molecular weight excluding hydrogens is 234 g/mol. The smallest absolute Gasteiger partial charge is 0.260 e. The summed E-state index contributed by atoms with van der Waals surface area (Å²) in [6.07, 6.45) is 3.43. The minimum Gasteiger partial charge on any atom is -0.271 e. The number of hydrogen-bond acceptors (Lipinski definition) is 4. The fourth-order valence-corrected chi connectivity index (χ4v) is 2.93. The van der Waals surface area contributed by atoms with Crippen molar-refractivity contribution >= 4 is 17.2 Å². The molecule has 2 rings (SSSR count). The average molecular weight is 247 g/mol. The van der Waals surface area contributed by atoms with Crippen LogP contribution in [0.3, 0.4) is 0 Å². The van der Waals surface area contributed by atoms with E-state index in [1.807, 2.05) is 36.5 Å². The molecule has 0 aromatic carbocycles. The number of hydrazine groups is 1. The van der Waals surface area contributed by atoms with Crippen LogP contribution in [0.5, 0.6) is 0 Å². The van der Waals surface area contributed by atoms with Gasteiger partial charge in [-0.05, 0) is 18.4 Å². The Hall–Kier alpha value is -1.64. The van der Waals surface area contributed by atoms with E-state index in [-0.39, 0.29) is 11.9 Å². The van der Waals surface area contributed by atoms with Crippen LogP contribution in [0.15, 0.2) is 23.6 Å². The van der Waals surface area contributed by atoms with Crippen LogP contribution < -0.4 is 0 Å². The van der Waals surface area contributed by atoms with Crippen molar-refractivity contribution in [1.29, 1.82) is 5.26 Å². The van der Waals surface area contributed by atoms with E-state index >= 15 is 0 Å². The normalized spacial score (nSPS) is 20.6. The third-order valence-corrected chi connectivity index (χ3v) is 3.83. The molecule has 1 atom stereocenters. The van der Waals surface area contributed by atoms with Gasteiger partial charge in [0.05, 0.1) is 11.6 Å². The van der Waals surface area contributed by atoms with Crippen LogP contribution in [-0.2, 0) is 4.79 Å². The number of nitrogens with zero attached hydrogens (tertiary/aromatic N) is 3. The van der Waals surface area contributed by atoms with Crippen LogP contribution >= 0.6 is 11.3 Å². The average Bonchev–Trinajstić information content (AvgIpc) is 2.78. The van der Waals surface area contributed by atoms with Crippen molar-refractivity contribution in [2.45, 2.75) is 13.0 Å². The lowest BCUT2D eigenvalue weighted by atomic mass is 10.1. The second kappa shape index (κ2) is 4.70. The highest BCUT2D eigenvalue weighted by atomic mass is 32.1. The van der Waals surface area contributed by atoms with E-state index in [0.29, 0.717) is 12.1 Å². The molecule has 0 fully saturated rings. The summed E-state index contributed by atoms with van der Waals surface area (Å²) in [6, 6.07) is 3.97. The molecule has 88 valence electrons. The third kappa shape index (κ3) is 1.97. The molecule has 2 heterocycles. The lowest BCUT2D eigenvalue weighted by molar-refractivity contribution is -0.145. The Morgan fingerprint density at radius 3 is 3.00 bits per heavy atom. The van der Waals surface area contributed by atoms with E-state index in [4.69, 9.17) is 5.26 Å². The highest BCUT2D eigenvalue weighted by Crippen LogP contribution is 2.32. The fraction of sp³-hybridized carbons (Fsp3) is 0.333. The summed E-state index contributed by atoms with van der Waals surface area (Å²) in [5.74, 6) is -0.0127. The molecule has 0 saturated heterocycles. The van der Waals surface area contributed by atoms with E-state index in [0.717, 1.165) is 4.88 Å². The Balaban J connectivity index is 2.38. The highest BCUT2D eigenvalue weighted by Gasteiger charge is 2.28. The molecule has 1 aromatic rings. The number of carbonyl (C=O) groups excluding carboxylic acids is 1. The van der Waals surface area contributed by atoms with Crippen LogP contribution in [0.1, 0.15) is 23.4 Å². The second-order valence-corrected chi connectivity index (χ2v) is 4.69. The zero-order chi connectivity index (χ0) is 12.4. The zero-order valence-corrected chi connectivity index (χ0v) is 10.6. The summed E-state index contributed by atoms with van der Waals surface area (Å²) >= 11 is 1.54. The van der Waals surface area contributed by atoms with Gasteiger partial charge in [-0.1, -0.05) is 6.08 Å². The molecule has 1 amide bonds. The van der Waals surface area contributed by atoms with Gasteiger partial charge >= 0.3 is 0 Å². The van der Waals surface area contributed by atoms with Gasteiger partial charge in [-0.25, -0.2) is 5.01 Å². The Kier molecular flexibility index (Phi) is 3.27. The summed E-state index contributed by atoms with van der Waals surface area (Å²) in [7, 11) is 1.87. The van der Waals surface area contributed by atoms with Gasteiger partial charge in [-0.15, -0.1) is 11.3 Å². The number of nitriles is 1. The van der Waals surface area contributed by atoms with E-state index in [1.165, 1.54) is 0 Å². The first-order valence-electron chi connectivity index (χ1n) is 5.39.